The molecule has 0 spiro atoms. The Kier molecular flexibility index (Phi) is 3.24. The third kappa shape index (κ3) is 2.42. The Morgan fingerprint density at radius 1 is 0.950 bits per heavy atom. The molecule has 0 saturated heterocycles. The highest BCUT2D eigenvalue weighted by molar-refractivity contribution is 6.30. The van der Waals surface area contributed by atoms with Gasteiger partial charge in [-0.2, -0.15) is 5.10 Å². The summed E-state index contributed by atoms with van der Waals surface area (Å²) in [7, 11) is 0. The lowest BCUT2D eigenvalue weighted by Crippen LogP contribution is -1.86. The second kappa shape index (κ2) is 5.06. The van der Waals surface area contributed by atoms with Crippen LogP contribution in [0.1, 0.15) is 0 Å². The Balaban J connectivity index is 2.01. The molecule has 0 saturated carbocycles. The maximum Gasteiger partial charge on any atom is 0.132 e. The molecule has 0 bridgehead atoms. The molecular weight excluding hydrogens is 282 g/mol. The summed E-state index contributed by atoms with van der Waals surface area (Å²) in [6, 6.07) is 12.1. The van der Waals surface area contributed by atoms with E-state index in [0.717, 1.165) is 23.8 Å². The summed E-state index contributed by atoms with van der Waals surface area (Å²) in [6.45, 7) is 0. The second-order valence-corrected chi connectivity index (χ2v) is 4.73. The molecule has 0 aliphatic rings. The van der Waals surface area contributed by atoms with E-state index in [1.54, 1.807) is 18.2 Å². The van der Waals surface area contributed by atoms with Crippen LogP contribution >= 0.6 is 11.6 Å². The van der Waals surface area contributed by atoms with Gasteiger partial charge >= 0.3 is 0 Å². The van der Waals surface area contributed by atoms with Gasteiger partial charge in [0.2, 0.25) is 0 Å². The van der Waals surface area contributed by atoms with Crippen LogP contribution in [0.15, 0.2) is 48.5 Å². The van der Waals surface area contributed by atoms with E-state index in [4.69, 9.17) is 11.6 Å². The molecule has 100 valence electrons. The van der Waals surface area contributed by atoms with Gasteiger partial charge in [0.1, 0.15) is 11.6 Å². The van der Waals surface area contributed by atoms with Crippen LogP contribution in [-0.4, -0.2) is 10.2 Å². The van der Waals surface area contributed by atoms with Crippen molar-refractivity contribution in [1.29, 1.82) is 0 Å². The Morgan fingerprint density at radius 2 is 1.70 bits per heavy atom. The van der Waals surface area contributed by atoms with Crippen molar-refractivity contribution in [2.24, 2.45) is 0 Å². The van der Waals surface area contributed by atoms with E-state index in [1.165, 1.54) is 0 Å². The maximum atomic E-state index is 13.7. The van der Waals surface area contributed by atoms with Gasteiger partial charge in [-0.05, 0) is 36.4 Å². The number of rotatable bonds is 2. The van der Waals surface area contributed by atoms with Gasteiger partial charge in [-0.1, -0.05) is 23.7 Å². The van der Waals surface area contributed by atoms with Crippen LogP contribution in [0.5, 0.6) is 0 Å². The van der Waals surface area contributed by atoms with E-state index in [1.807, 2.05) is 12.1 Å². The maximum absolute atomic E-state index is 13.7. The molecular formula is C15H9ClF2N2. The van der Waals surface area contributed by atoms with Crippen LogP contribution in [0.4, 0.5) is 8.78 Å². The molecule has 1 N–H and O–H groups in total. The standard InChI is InChI=1S/C15H9ClF2N2/c16-10-3-1-9(2-4-10)14-8-15(20-19-14)12-7-11(17)5-6-13(12)18/h1-8H,(H,19,20). The van der Waals surface area contributed by atoms with E-state index in [9.17, 15) is 8.78 Å². The molecule has 1 aromatic heterocycles. The number of H-pyrrole nitrogens is 1. The van der Waals surface area contributed by atoms with Crippen molar-refractivity contribution in [3.8, 4) is 22.5 Å². The molecule has 0 atom stereocenters. The summed E-state index contributed by atoms with van der Waals surface area (Å²) in [5, 5.41) is 7.45. The van der Waals surface area contributed by atoms with Gasteiger partial charge in [-0.3, -0.25) is 5.10 Å². The van der Waals surface area contributed by atoms with Gasteiger partial charge in [-0.15, -0.1) is 0 Å². The van der Waals surface area contributed by atoms with E-state index in [2.05, 4.69) is 10.2 Å². The summed E-state index contributed by atoms with van der Waals surface area (Å²) < 4.78 is 26.9. The lowest BCUT2D eigenvalue weighted by Gasteiger charge is -1.99. The van der Waals surface area contributed by atoms with Crippen LogP contribution in [-0.2, 0) is 0 Å². The molecule has 2 aromatic carbocycles. The molecule has 5 heteroatoms. The lowest BCUT2D eigenvalue weighted by molar-refractivity contribution is 0.602. The molecule has 2 nitrogen and oxygen atoms in total. The first-order valence-electron chi connectivity index (χ1n) is 5.90. The minimum Gasteiger partial charge on any atom is -0.277 e. The quantitative estimate of drug-likeness (QED) is 0.729. The summed E-state index contributed by atoms with van der Waals surface area (Å²) in [6.07, 6.45) is 0. The highest BCUT2D eigenvalue weighted by Crippen LogP contribution is 2.26. The van der Waals surface area contributed by atoms with Crippen molar-refractivity contribution >= 4 is 11.6 Å². The zero-order chi connectivity index (χ0) is 14.1. The fourth-order valence-corrected chi connectivity index (χ4v) is 2.06. The van der Waals surface area contributed by atoms with Crippen molar-refractivity contribution in [2.45, 2.75) is 0 Å². The Morgan fingerprint density at radius 3 is 2.45 bits per heavy atom. The van der Waals surface area contributed by atoms with Crippen molar-refractivity contribution in [3.63, 3.8) is 0 Å². The van der Waals surface area contributed by atoms with E-state index in [-0.39, 0.29) is 5.56 Å². The molecule has 3 aromatic rings. The monoisotopic (exact) mass is 290 g/mol. The number of aromatic amines is 1. The fourth-order valence-electron chi connectivity index (χ4n) is 1.93. The van der Waals surface area contributed by atoms with E-state index >= 15 is 0 Å². The lowest BCUT2D eigenvalue weighted by atomic mass is 10.1. The van der Waals surface area contributed by atoms with E-state index < -0.39 is 11.6 Å². The predicted molar refractivity (Wildman–Crippen MR) is 74.4 cm³/mol. The molecule has 0 aliphatic heterocycles. The van der Waals surface area contributed by atoms with Crippen LogP contribution in [0.2, 0.25) is 5.02 Å². The van der Waals surface area contributed by atoms with Crippen LogP contribution in [0.25, 0.3) is 22.5 Å². The largest absolute Gasteiger partial charge is 0.277 e. The number of hydrogen-bond donors (Lipinski definition) is 1. The summed E-state index contributed by atoms with van der Waals surface area (Å²) in [4.78, 5) is 0. The third-order valence-electron chi connectivity index (χ3n) is 2.94. The SMILES string of the molecule is Fc1ccc(F)c(-c2cc(-c3ccc(Cl)cc3)n[nH]2)c1. The molecule has 0 unspecified atom stereocenters. The Hall–Kier alpha value is -2.20. The highest BCUT2D eigenvalue weighted by Gasteiger charge is 2.10. The van der Waals surface area contributed by atoms with Gasteiger partial charge in [0.25, 0.3) is 0 Å². The first-order chi connectivity index (χ1) is 9.63. The third-order valence-corrected chi connectivity index (χ3v) is 3.19. The second-order valence-electron chi connectivity index (χ2n) is 4.30. The fraction of sp³-hybridized carbons (Fsp3) is 0. The van der Waals surface area contributed by atoms with Gasteiger partial charge in [0.15, 0.2) is 0 Å². The van der Waals surface area contributed by atoms with Gasteiger partial charge < -0.3 is 0 Å². The van der Waals surface area contributed by atoms with Crippen LogP contribution < -0.4 is 0 Å². The predicted octanol–water partition coefficient (Wildman–Crippen LogP) is 4.68. The Bertz CT molecular complexity index is 751. The first-order valence-corrected chi connectivity index (χ1v) is 6.28. The molecule has 0 radical (unpaired) electrons. The number of nitrogens with zero attached hydrogens (tertiary/aromatic N) is 1. The van der Waals surface area contributed by atoms with Crippen molar-refractivity contribution in [3.05, 3.63) is 65.2 Å². The average Bonchev–Trinajstić information content (AvgIpc) is 2.92. The summed E-state index contributed by atoms with van der Waals surface area (Å²) in [5.41, 5.74) is 2.05. The molecule has 0 amide bonds. The minimum atomic E-state index is -0.502. The summed E-state index contributed by atoms with van der Waals surface area (Å²) in [5.74, 6) is -0.998. The number of aromatic nitrogens is 2. The van der Waals surface area contributed by atoms with Crippen LogP contribution in [0.3, 0.4) is 0 Å². The Labute approximate surface area is 119 Å². The number of benzene rings is 2. The number of halogens is 3. The topological polar surface area (TPSA) is 28.7 Å². The molecule has 0 aliphatic carbocycles. The minimum absolute atomic E-state index is 0.151. The molecule has 1 heterocycles. The smallest absolute Gasteiger partial charge is 0.132 e. The molecule has 20 heavy (non-hydrogen) atoms. The highest BCUT2D eigenvalue weighted by atomic mass is 35.5. The average molecular weight is 291 g/mol. The van der Waals surface area contributed by atoms with Gasteiger partial charge in [0.05, 0.1) is 11.4 Å². The van der Waals surface area contributed by atoms with Crippen molar-refractivity contribution in [1.82, 2.24) is 10.2 Å². The first kappa shape index (κ1) is 12.8. The number of nitrogens with one attached hydrogen (secondary N) is 1. The molecule has 3 rings (SSSR count). The van der Waals surface area contributed by atoms with Gasteiger partial charge in [-0.25, -0.2) is 8.78 Å². The van der Waals surface area contributed by atoms with Crippen LogP contribution in [0, 0.1) is 11.6 Å². The van der Waals surface area contributed by atoms with Gasteiger partial charge in [0, 0.05) is 16.1 Å². The molecule has 0 fully saturated rings. The van der Waals surface area contributed by atoms with Crippen molar-refractivity contribution in [2.75, 3.05) is 0 Å². The van der Waals surface area contributed by atoms with E-state index in [0.29, 0.717) is 16.4 Å². The normalized spacial score (nSPS) is 10.8. The zero-order valence-corrected chi connectivity index (χ0v) is 11.0. The van der Waals surface area contributed by atoms with Crippen molar-refractivity contribution < 1.29 is 8.78 Å². The summed E-state index contributed by atoms with van der Waals surface area (Å²) >= 11 is 5.82. The number of hydrogen-bond acceptors (Lipinski definition) is 1. The zero-order valence-electron chi connectivity index (χ0n) is 10.2.